The smallest absolute Gasteiger partial charge is 0.127 e. The van der Waals surface area contributed by atoms with Crippen molar-refractivity contribution in [2.75, 3.05) is 6.54 Å². The third-order valence-corrected chi connectivity index (χ3v) is 3.93. The molecule has 0 saturated heterocycles. The molecule has 0 spiro atoms. The van der Waals surface area contributed by atoms with Crippen molar-refractivity contribution in [3.8, 4) is 0 Å². The number of hydrogen-bond donors (Lipinski definition) is 1. The Bertz CT molecular complexity index is 467. The summed E-state index contributed by atoms with van der Waals surface area (Å²) in [4.78, 5) is 1.36. The van der Waals surface area contributed by atoms with Crippen LogP contribution in [0.5, 0.6) is 0 Å². The van der Waals surface area contributed by atoms with Crippen molar-refractivity contribution in [2.24, 2.45) is 0 Å². The molecule has 0 aliphatic carbocycles. The quantitative estimate of drug-likeness (QED) is 0.824. The largest absolute Gasteiger partial charge is 0.310 e. The van der Waals surface area contributed by atoms with Crippen LogP contribution in [-0.2, 0) is 6.42 Å². The van der Waals surface area contributed by atoms with E-state index in [0.29, 0.717) is 0 Å². The van der Waals surface area contributed by atoms with Crippen molar-refractivity contribution in [3.05, 3.63) is 58.0 Å². The summed E-state index contributed by atoms with van der Waals surface area (Å²) in [6.45, 7) is 2.91. The Morgan fingerprint density at radius 2 is 2.06 bits per heavy atom. The zero-order valence-electron chi connectivity index (χ0n) is 10.5. The van der Waals surface area contributed by atoms with E-state index in [0.717, 1.165) is 24.9 Å². The molecule has 1 unspecified atom stereocenters. The van der Waals surface area contributed by atoms with E-state index in [1.165, 1.54) is 10.9 Å². The molecule has 0 bridgehead atoms. The molecule has 2 rings (SSSR count). The minimum atomic E-state index is -0.116. The van der Waals surface area contributed by atoms with Crippen LogP contribution in [-0.4, -0.2) is 6.54 Å². The van der Waals surface area contributed by atoms with E-state index in [2.05, 4.69) is 29.8 Å². The van der Waals surface area contributed by atoms with Crippen LogP contribution in [0.15, 0.2) is 41.8 Å². The first kappa shape index (κ1) is 13.2. The second kappa shape index (κ2) is 6.66. The molecule has 1 N–H and O–H groups in total. The van der Waals surface area contributed by atoms with Gasteiger partial charge in [-0.15, -0.1) is 11.3 Å². The minimum Gasteiger partial charge on any atom is -0.310 e. The number of hydrogen-bond acceptors (Lipinski definition) is 2. The van der Waals surface area contributed by atoms with Gasteiger partial charge in [0.2, 0.25) is 0 Å². The predicted octanol–water partition coefficient (Wildman–Crippen LogP) is 4.17. The van der Waals surface area contributed by atoms with Gasteiger partial charge in [-0.3, -0.25) is 0 Å². The monoisotopic (exact) mass is 263 g/mol. The number of aryl methyl sites for hydroxylation is 1. The van der Waals surface area contributed by atoms with E-state index in [-0.39, 0.29) is 11.9 Å². The van der Waals surface area contributed by atoms with Crippen LogP contribution in [0.25, 0.3) is 0 Å². The maximum atomic E-state index is 13.8. The van der Waals surface area contributed by atoms with Gasteiger partial charge in [0, 0.05) is 16.5 Å². The summed E-state index contributed by atoms with van der Waals surface area (Å²) in [5.74, 6) is -0.116. The van der Waals surface area contributed by atoms with Crippen LogP contribution in [0, 0.1) is 5.82 Å². The fourth-order valence-corrected chi connectivity index (χ4v) is 2.84. The number of thiophene rings is 1. The number of rotatable bonds is 6. The van der Waals surface area contributed by atoms with Crippen LogP contribution in [0.4, 0.5) is 4.39 Å². The molecular formula is C15H18FNS. The summed E-state index contributed by atoms with van der Waals surface area (Å²) >= 11 is 1.76. The highest BCUT2D eigenvalue weighted by Gasteiger charge is 2.14. The van der Waals surface area contributed by atoms with Crippen molar-refractivity contribution < 1.29 is 4.39 Å². The molecule has 0 amide bonds. The Balaban J connectivity index is 2.06. The van der Waals surface area contributed by atoms with E-state index < -0.39 is 0 Å². The predicted molar refractivity (Wildman–Crippen MR) is 75.5 cm³/mol. The molecule has 18 heavy (non-hydrogen) atoms. The molecule has 1 nitrogen and oxygen atoms in total. The van der Waals surface area contributed by atoms with E-state index >= 15 is 0 Å². The van der Waals surface area contributed by atoms with E-state index in [1.807, 2.05) is 12.1 Å². The highest BCUT2D eigenvalue weighted by Crippen LogP contribution is 2.23. The van der Waals surface area contributed by atoms with Gasteiger partial charge in [-0.05, 0) is 36.9 Å². The molecule has 3 heteroatoms. The van der Waals surface area contributed by atoms with E-state index in [4.69, 9.17) is 0 Å². The molecule has 0 fully saturated rings. The lowest BCUT2D eigenvalue weighted by atomic mass is 10.0. The zero-order valence-corrected chi connectivity index (χ0v) is 11.3. The Hall–Kier alpha value is -1.19. The number of halogens is 1. The zero-order chi connectivity index (χ0) is 12.8. The van der Waals surface area contributed by atoms with Crippen LogP contribution < -0.4 is 5.32 Å². The Morgan fingerprint density at radius 3 is 2.72 bits per heavy atom. The van der Waals surface area contributed by atoms with Crippen LogP contribution in [0.1, 0.15) is 29.8 Å². The summed E-state index contributed by atoms with van der Waals surface area (Å²) in [6.07, 6.45) is 1.92. The molecule has 0 radical (unpaired) electrons. The molecule has 1 atom stereocenters. The van der Waals surface area contributed by atoms with Gasteiger partial charge in [0.25, 0.3) is 0 Å². The SMILES string of the molecule is CCNC(CCc1cccs1)c1ccccc1F. The van der Waals surface area contributed by atoms with Crippen LogP contribution in [0.2, 0.25) is 0 Å². The fraction of sp³-hybridized carbons (Fsp3) is 0.333. The Kier molecular flexibility index (Phi) is 4.90. The van der Waals surface area contributed by atoms with Crippen molar-refractivity contribution >= 4 is 11.3 Å². The number of benzene rings is 1. The lowest BCUT2D eigenvalue weighted by Crippen LogP contribution is -2.22. The van der Waals surface area contributed by atoms with Gasteiger partial charge in [0.05, 0.1) is 0 Å². The maximum absolute atomic E-state index is 13.8. The third kappa shape index (κ3) is 3.40. The molecule has 96 valence electrons. The van der Waals surface area contributed by atoms with Gasteiger partial charge in [-0.2, -0.15) is 0 Å². The molecule has 0 saturated carbocycles. The summed E-state index contributed by atoms with van der Waals surface area (Å²) in [5.41, 5.74) is 0.774. The maximum Gasteiger partial charge on any atom is 0.127 e. The van der Waals surface area contributed by atoms with Crippen molar-refractivity contribution in [3.63, 3.8) is 0 Å². The molecule has 1 heterocycles. The second-order valence-electron chi connectivity index (χ2n) is 4.25. The molecule has 2 aromatic rings. The first-order chi connectivity index (χ1) is 8.81. The lowest BCUT2D eigenvalue weighted by Gasteiger charge is -2.18. The molecule has 1 aromatic carbocycles. The average molecular weight is 263 g/mol. The average Bonchev–Trinajstić information content (AvgIpc) is 2.88. The highest BCUT2D eigenvalue weighted by molar-refractivity contribution is 7.09. The third-order valence-electron chi connectivity index (χ3n) is 2.99. The Labute approximate surface area is 112 Å². The van der Waals surface area contributed by atoms with E-state index in [9.17, 15) is 4.39 Å². The molecule has 0 aliphatic rings. The Morgan fingerprint density at radius 1 is 1.22 bits per heavy atom. The normalized spacial score (nSPS) is 12.6. The van der Waals surface area contributed by atoms with Crippen molar-refractivity contribution in [1.82, 2.24) is 5.32 Å². The van der Waals surface area contributed by atoms with Crippen LogP contribution >= 0.6 is 11.3 Å². The first-order valence-corrected chi connectivity index (χ1v) is 7.19. The lowest BCUT2D eigenvalue weighted by molar-refractivity contribution is 0.486. The van der Waals surface area contributed by atoms with Gasteiger partial charge in [-0.25, -0.2) is 4.39 Å². The summed E-state index contributed by atoms with van der Waals surface area (Å²) in [6, 6.07) is 11.3. The van der Waals surface area contributed by atoms with Gasteiger partial charge in [-0.1, -0.05) is 31.2 Å². The second-order valence-corrected chi connectivity index (χ2v) is 5.28. The summed E-state index contributed by atoms with van der Waals surface area (Å²) < 4.78 is 13.8. The minimum absolute atomic E-state index is 0.0956. The van der Waals surface area contributed by atoms with Crippen molar-refractivity contribution in [2.45, 2.75) is 25.8 Å². The van der Waals surface area contributed by atoms with Gasteiger partial charge in [0.1, 0.15) is 5.82 Å². The molecule has 0 aliphatic heterocycles. The summed E-state index contributed by atoms with van der Waals surface area (Å²) in [5, 5.41) is 5.45. The van der Waals surface area contributed by atoms with Gasteiger partial charge < -0.3 is 5.32 Å². The highest BCUT2D eigenvalue weighted by atomic mass is 32.1. The van der Waals surface area contributed by atoms with E-state index in [1.54, 1.807) is 17.4 Å². The van der Waals surface area contributed by atoms with Crippen LogP contribution in [0.3, 0.4) is 0 Å². The first-order valence-electron chi connectivity index (χ1n) is 6.31. The number of nitrogens with one attached hydrogen (secondary N) is 1. The molecular weight excluding hydrogens is 245 g/mol. The van der Waals surface area contributed by atoms with Gasteiger partial charge in [0.15, 0.2) is 0 Å². The summed E-state index contributed by atoms with van der Waals surface area (Å²) in [7, 11) is 0. The fourth-order valence-electron chi connectivity index (χ4n) is 2.11. The molecule has 1 aromatic heterocycles. The standard InChI is InChI=1S/C15H18FNS/c1-2-17-15(10-9-12-6-5-11-18-12)13-7-3-4-8-14(13)16/h3-8,11,15,17H,2,9-10H2,1H3. The van der Waals surface area contributed by atoms with Gasteiger partial charge >= 0.3 is 0 Å². The van der Waals surface area contributed by atoms with Crippen molar-refractivity contribution in [1.29, 1.82) is 0 Å². The topological polar surface area (TPSA) is 12.0 Å².